The standard InChI is InChI=1S/C37H74N3O6P.C18H2.C2H6/c1-4-6-8-10-11-12-13-14-15-16-17-18-19-21-22-29-35(41)38-31-25-24-28-34(40-36(42)30-23-20-9-7-5-2)37(43)39-32-26-27-33-46-47(3,44)45;1-3-5-7-9-11-13-15-17-18-16-14-12-10-8-6-4-2;1-2/h34H,4-33H2,1-3H3,(H,38,41)(H,39,43)(H,40,42)(H,44,45);1-2H;1-2H3. The molecule has 0 aromatic heterocycles. The quantitative estimate of drug-likeness (QED) is 0.0284. The molecule has 0 fully saturated rings. The monoisotopic (exact) mass is 936 g/mol. The Morgan fingerprint density at radius 3 is 1.22 bits per heavy atom. The zero-order chi connectivity index (χ0) is 50.2. The number of rotatable bonds is 35. The average molecular weight is 936 g/mol. The molecular formula is C57H82N3O6P. The summed E-state index contributed by atoms with van der Waals surface area (Å²) in [4.78, 5) is 46.9. The number of carbonyl (C=O) groups is 3. The number of terminal acetylenes is 2. The van der Waals surface area contributed by atoms with Crippen LogP contribution in [0.5, 0.6) is 0 Å². The van der Waals surface area contributed by atoms with Crippen molar-refractivity contribution in [1.29, 1.82) is 0 Å². The van der Waals surface area contributed by atoms with E-state index in [1.807, 2.05) is 13.8 Å². The highest BCUT2D eigenvalue weighted by Crippen LogP contribution is 2.36. The first-order valence-electron chi connectivity index (χ1n) is 24.8. The number of hydrogen-bond acceptors (Lipinski definition) is 5. The molecule has 67 heavy (non-hydrogen) atoms. The van der Waals surface area contributed by atoms with E-state index in [0.717, 1.165) is 51.6 Å². The molecule has 0 spiro atoms. The van der Waals surface area contributed by atoms with Gasteiger partial charge in [0.2, 0.25) is 17.7 Å². The van der Waals surface area contributed by atoms with E-state index < -0.39 is 13.6 Å². The zero-order valence-electron chi connectivity index (χ0n) is 41.9. The Morgan fingerprint density at radius 1 is 0.493 bits per heavy atom. The molecule has 2 atom stereocenters. The molecule has 3 amide bonds. The van der Waals surface area contributed by atoms with Gasteiger partial charge >= 0.3 is 7.60 Å². The number of unbranched alkanes of at least 4 members (excludes halogenated alkanes) is 20. The maximum Gasteiger partial charge on any atom is 0.325 e. The fraction of sp³-hybridized carbons (Fsp3) is 0.632. The summed E-state index contributed by atoms with van der Waals surface area (Å²) in [5, 5.41) is 8.81. The molecule has 0 bridgehead atoms. The Hall–Kier alpha value is -5.40. The zero-order valence-corrected chi connectivity index (χ0v) is 42.8. The largest absolute Gasteiger partial charge is 0.356 e. The van der Waals surface area contributed by atoms with Crippen LogP contribution >= 0.6 is 7.60 Å². The van der Waals surface area contributed by atoms with Gasteiger partial charge in [0, 0.05) is 32.6 Å². The summed E-state index contributed by atoms with van der Waals surface area (Å²) >= 11 is 0. The molecule has 10 heteroatoms. The molecule has 0 aromatic carbocycles. The molecule has 9 nitrogen and oxygen atoms in total. The summed E-state index contributed by atoms with van der Waals surface area (Å²) in [5.41, 5.74) is 0. The third-order valence-electron chi connectivity index (χ3n) is 9.57. The van der Waals surface area contributed by atoms with Gasteiger partial charge in [-0.05, 0) is 140 Å². The van der Waals surface area contributed by atoms with Crippen molar-refractivity contribution in [2.45, 2.75) is 207 Å². The van der Waals surface area contributed by atoms with Crippen molar-refractivity contribution in [2.24, 2.45) is 0 Å². The van der Waals surface area contributed by atoms with Gasteiger partial charge in [-0.15, -0.1) is 12.8 Å². The van der Waals surface area contributed by atoms with Crippen LogP contribution in [0.25, 0.3) is 0 Å². The number of amides is 3. The topological polar surface area (TPSA) is 134 Å². The van der Waals surface area contributed by atoms with E-state index in [2.05, 4.69) is 125 Å². The van der Waals surface area contributed by atoms with Crippen LogP contribution in [-0.2, 0) is 23.5 Å². The molecule has 366 valence electrons. The van der Waals surface area contributed by atoms with Gasteiger partial charge in [0.15, 0.2) is 0 Å². The Balaban J connectivity index is -0.00000170. The lowest BCUT2D eigenvalue weighted by molar-refractivity contribution is -0.129. The van der Waals surface area contributed by atoms with Crippen LogP contribution in [-0.4, -0.2) is 55.0 Å². The van der Waals surface area contributed by atoms with Gasteiger partial charge in [0.1, 0.15) is 6.04 Å². The van der Waals surface area contributed by atoms with E-state index in [9.17, 15) is 23.8 Å². The Morgan fingerprint density at radius 2 is 0.836 bits per heavy atom. The smallest absolute Gasteiger partial charge is 0.325 e. The Labute approximate surface area is 409 Å². The minimum atomic E-state index is -3.49. The molecule has 0 saturated heterocycles. The van der Waals surface area contributed by atoms with Crippen molar-refractivity contribution in [3.63, 3.8) is 0 Å². The average Bonchev–Trinajstić information content (AvgIpc) is 3.31. The molecule has 0 saturated carbocycles. The third-order valence-corrected chi connectivity index (χ3v) is 10.2. The molecule has 0 aromatic rings. The van der Waals surface area contributed by atoms with Gasteiger partial charge < -0.3 is 25.4 Å². The van der Waals surface area contributed by atoms with Crippen molar-refractivity contribution in [3.8, 4) is 108 Å². The maximum absolute atomic E-state index is 12.9. The van der Waals surface area contributed by atoms with Gasteiger partial charge in [0.25, 0.3) is 0 Å². The van der Waals surface area contributed by atoms with Crippen molar-refractivity contribution in [1.82, 2.24) is 16.0 Å². The van der Waals surface area contributed by atoms with Crippen LogP contribution < -0.4 is 16.0 Å². The van der Waals surface area contributed by atoms with Crippen molar-refractivity contribution in [3.05, 3.63) is 0 Å². The summed E-state index contributed by atoms with van der Waals surface area (Å²) < 4.78 is 16.1. The van der Waals surface area contributed by atoms with Crippen molar-refractivity contribution in [2.75, 3.05) is 26.4 Å². The highest BCUT2D eigenvalue weighted by atomic mass is 31.2. The minimum absolute atomic E-state index is 0.0926. The van der Waals surface area contributed by atoms with Gasteiger partial charge in [0.05, 0.1) is 6.61 Å². The maximum atomic E-state index is 12.9. The number of carbonyl (C=O) groups excluding carboxylic acids is 3. The molecule has 0 heterocycles. The summed E-state index contributed by atoms with van der Waals surface area (Å²) in [6.07, 6.45) is 38.8. The van der Waals surface area contributed by atoms with Gasteiger partial charge in [-0.2, -0.15) is 0 Å². The van der Waals surface area contributed by atoms with Crippen LogP contribution in [0.1, 0.15) is 201 Å². The van der Waals surface area contributed by atoms with E-state index in [0.29, 0.717) is 51.6 Å². The highest BCUT2D eigenvalue weighted by Gasteiger charge is 2.20. The molecule has 0 aliphatic heterocycles. The third kappa shape index (κ3) is 58.6. The molecule has 2 unspecified atom stereocenters. The molecule has 0 aliphatic carbocycles. The van der Waals surface area contributed by atoms with Crippen LogP contribution in [0.2, 0.25) is 0 Å². The predicted octanol–water partition coefficient (Wildman–Crippen LogP) is 10.4. The second kappa shape index (κ2) is 54.9. The lowest BCUT2D eigenvalue weighted by atomic mass is 10.0. The predicted molar refractivity (Wildman–Crippen MR) is 279 cm³/mol. The molecule has 0 radical (unpaired) electrons. The normalized spacial score (nSPS) is 10.3. The number of nitrogens with one attached hydrogen (secondary N) is 3. The second-order valence-corrected chi connectivity index (χ2v) is 17.4. The highest BCUT2D eigenvalue weighted by molar-refractivity contribution is 7.51. The fourth-order valence-electron chi connectivity index (χ4n) is 6.11. The molecular weight excluding hydrogens is 854 g/mol. The fourth-order valence-corrected chi connectivity index (χ4v) is 6.58. The summed E-state index contributed by atoms with van der Waals surface area (Å²) in [6, 6.07) is -0.612. The Bertz CT molecular complexity index is 1840. The second-order valence-electron chi connectivity index (χ2n) is 15.5. The minimum Gasteiger partial charge on any atom is -0.356 e. The lowest BCUT2D eigenvalue weighted by Gasteiger charge is -2.19. The summed E-state index contributed by atoms with van der Waals surface area (Å²) in [5.74, 6) is 38.0. The first kappa shape index (κ1) is 65.9. The van der Waals surface area contributed by atoms with Crippen molar-refractivity contribution < 1.29 is 28.4 Å². The Kier molecular flexibility index (Phi) is 54.0. The van der Waals surface area contributed by atoms with E-state index in [1.165, 1.54) is 89.9 Å². The van der Waals surface area contributed by atoms with E-state index in [4.69, 9.17) is 17.4 Å². The van der Waals surface area contributed by atoms with Crippen LogP contribution in [0.3, 0.4) is 0 Å². The lowest BCUT2D eigenvalue weighted by Crippen LogP contribution is -2.47. The van der Waals surface area contributed by atoms with Crippen molar-refractivity contribution >= 4 is 25.3 Å². The summed E-state index contributed by atoms with van der Waals surface area (Å²) in [7, 11) is -3.49. The van der Waals surface area contributed by atoms with Crippen LogP contribution in [0.4, 0.5) is 0 Å². The van der Waals surface area contributed by atoms with Gasteiger partial charge in [-0.25, -0.2) is 0 Å². The molecule has 0 aliphatic rings. The first-order valence-corrected chi connectivity index (χ1v) is 26.8. The van der Waals surface area contributed by atoms with E-state index in [1.54, 1.807) is 0 Å². The molecule has 4 N–H and O–H groups in total. The van der Waals surface area contributed by atoms with Gasteiger partial charge in [-0.3, -0.25) is 18.9 Å². The van der Waals surface area contributed by atoms with Gasteiger partial charge in [-0.1, -0.05) is 143 Å². The van der Waals surface area contributed by atoms with Crippen LogP contribution in [0, 0.1) is 108 Å². The first-order chi connectivity index (χ1) is 32.6. The summed E-state index contributed by atoms with van der Waals surface area (Å²) in [6.45, 7) is 10.7. The SMILES string of the molecule is C#CC#CC#CC#CC#CC#CC#CC#CC#C.CC.CCCCCCCCCCCCCCCCCC(=O)NCCCCC(NC(=O)CCCCCCC)C(=O)NCCCCOP(C)(=O)O. The van der Waals surface area contributed by atoms with Crippen LogP contribution in [0.15, 0.2) is 0 Å². The van der Waals surface area contributed by atoms with E-state index >= 15 is 0 Å². The number of hydrogen-bond donors (Lipinski definition) is 4. The molecule has 0 rings (SSSR count). The van der Waals surface area contributed by atoms with E-state index in [-0.39, 0.29) is 24.3 Å².